The molecule has 0 radical (unpaired) electrons. The summed E-state index contributed by atoms with van der Waals surface area (Å²) in [5.74, 6) is -0.375. The van der Waals surface area contributed by atoms with E-state index in [2.05, 4.69) is 15.5 Å². The van der Waals surface area contributed by atoms with E-state index >= 15 is 0 Å². The number of amidine groups is 1. The molecule has 0 saturated heterocycles. The summed E-state index contributed by atoms with van der Waals surface area (Å²) in [6.45, 7) is 3.95. The molecule has 2 heterocycles. The highest BCUT2D eigenvalue weighted by Crippen LogP contribution is 2.25. The molecule has 0 fully saturated rings. The number of pyridine rings is 1. The Balaban J connectivity index is 1.98. The van der Waals surface area contributed by atoms with Crippen molar-refractivity contribution in [3.8, 4) is 17.3 Å². The lowest BCUT2D eigenvalue weighted by molar-refractivity contribution is 1.17. The van der Waals surface area contributed by atoms with Gasteiger partial charge in [0.2, 0.25) is 5.71 Å². The van der Waals surface area contributed by atoms with Gasteiger partial charge in [0.05, 0.1) is 11.4 Å². The number of anilines is 1. The lowest BCUT2D eigenvalue weighted by Gasteiger charge is -2.07. The van der Waals surface area contributed by atoms with Crippen LogP contribution in [0.5, 0.6) is 0 Å². The number of aryl methyl sites for hydroxylation is 2. The van der Waals surface area contributed by atoms with Crippen LogP contribution in [0, 0.1) is 30.6 Å². The Kier molecular flexibility index (Phi) is 4.18. The molecule has 25 heavy (non-hydrogen) atoms. The fraction of sp³-hybridized carbons (Fsp3) is 0.111. The average molecular weight is 331 g/mol. The lowest BCUT2D eigenvalue weighted by atomic mass is 10.1. The number of hydrogen-bond acceptors (Lipinski definition) is 5. The summed E-state index contributed by atoms with van der Waals surface area (Å²) in [6.07, 6.45) is 3.94. The van der Waals surface area contributed by atoms with Crippen LogP contribution in [0.25, 0.3) is 16.9 Å². The number of aromatic nitrogens is 2. The quantitative estimate of drug-likeness (QED) is 0.387. The average Bonchev–Trinajstić information content (AvgIpc) is 2.99. The van der Waals surface area contributed by atoms with Crippen molar-refractivity contribution in [3.63, 3.8) is 0 Å². The van der Waals surface area contributed by atoms with Gasteiger partial charge < -0.3 is 10.1 Å². The predicted octanol–water partition coefficient (Wildman–Crippen LogP) is 2.85. The van der Waals surface area contributed by atoms with Gasteiger partial charge in [-0.15, -0.1) is 0 Å². The van der Waals surface area contributed by atoms with Gasteiger partial charge in [0.25, 0.3) is 0 Å². The van der Waals surface area contributed by atoms with Gasteiger partial charge in [-0.3, -0.25) is 10.8 Å². The molecule has 2 aromatic heterocycles. The highest BCUT2D eigenvalue weighted by Gasteiger charge is 2.08. The van der Waals surface area contributed by atoms with Gasteiger partial charge in [0.15, 0.2) is 5.84 Å². The zero-order valence-electron chi connectivity index (χ0n) is 13.9. The van der Waals surface area contributed by atoms with Crippen molar-refractivity contribution in [2.75, 3.05) is 5.43 Å². The molecule has 0 aliphatic rings. The van der Waals surface area contributed by atoms with Crippen molar-refractivity contribution in [1.29, 1.82) is 10.7 Å². The van der Waals surface area contributed by atoms with E-state index in [1.54, 1.807) is 6.07 Å². The second-order valence-electron chi connectivity index (χ2n) is 5.72. The number of imidazole rings is 1. The monoisotopic (exact) mass is 331 g/mol. The van der Waals surface area contributed by atoms with E-state index in [1.807, 2.05) is 61.0 Å². The maximum Gasteiger partial charge on any atom is 0.201 e. The topological polar surface area (TPSA) is 115 Å². The number of nitrogens with one attached hydrogen (secondary N) is 2. The van der Waals surface area contributed by atoms with Crippen LogP contribution >= 0.6 is 0 Å². The molecule has 3 rings (SSSR count). The number of fused-ring (bicyclic) bond motifs is 1. The number of benzene rings is 1. The van der Waals surface area contributed by atoms with Crippen molar-refractivity contribution in [2.24, 2.45) is 10.8 Å². The van der Waals surface area contributed by atoms with Crippen molar-refractivity contribution in [1.82, 2.24) is 9.38 Å². The van der Waals surface area contributed by atoms with E-state index in [9.17, 15) is 0 Å². The van der Waals surface area contributed by atoms with Crippen LogP contribution in [-0.4, -0.2) is 20.9 Å². The molecule has 0 bridgehead atoms. The summed E-state index contributed by atoms with van der Waals surface area (Å²) in [7, 11) is 0. The first-order chi connectivity index (χ1) is 12.0. The van der Waals surface area contributed by atoms with Gasteiger partial charge in [0.1, 0.15) is 11.7 Å². The minimum Gasteiger partial charge on any atom is -0.382 e. The standard InChI is InChI=1S/C18H17N7/c1-11-5-6-25-10-16(22-17(25)7-11)13-4-3-12(2)14(8-13)23-24-15(9-19)18(20)21/h3-8,10,23H,1-2H3,(H3,20,21)/b24-15+. The van der Waals surface area contributed by atoms with Gasteiger partial charge >= 0.3 is 0 Å². The molecule has 0 saturated carbocycles. The van der Waals surface area contributed by atoms with E-state index in [1.165, 1.54) is 0 Å². The number of hydrogen-bond donors (Lipinski definition) is 3. The van der Waals surface area contributed by atoms with Gasteiger partial charge in [-0.25, -0.2) is 4.98 Å². The number of nitriles is 1. The molecule has 7 heteroatoms. The Bertz CT molecular complexity index is 1040. The van der Waals surface area contributed by atoms with Crippen molar-refractivity contribution >= 4 is 22.9 Å². The Morgan fingerprint density at radius 2 is 2.12 bits per heavy atom. The third kappa shape index (κ3) is 3.33. The predicted molar refractivity (Wildman–Crippen MR) is 98.7 cm³/mol. The van der Waals surface area contributed by atoms with Crippen LogP contribution in [0.2, 0.25) is 0 Å². The van der Waals surface area contributed by atoms with Crippen LogP contribution in [0.1, 0.15) is 11.1 Å². The van der Waals surface area contributed by atoms with E-state index < -0.39 is 0 Å². The Morgan fingerprint density at radius 1 is 1.32 bits per heavy atom. The molecule has 124 valence electrons. The molecule has 0 atom stereocenters. The van der Waals surface area contributed by atoms with E-state index in [0.29, 0.717) is 0 Å². The fourth-order valence-electron chi connectivity index (χ4n) is 2.39. The fourth-order valence-corrected chi connectivity index (χ4v) is 2.39. The summed E-state index contributed by atoms with van der Waals surface area (Å²) in [5.41, 5.74) is 13.4. The summed E-state index contributed by atoms with van der Waals surface area (Å²) < 4.78 is 1.97. The number of rotatable bonds is 4. The molecule has 4 N–H and O–H groups in total. The minimum atomic E-state index is -0.375. The second kappa shape index (κ2) is 6.45. The van der Waals surface area contributed by atoms with Crippen molar-refractivity contribution in [3.05, 3.63) is 53.9 Å². The van der Waals surface area contributed by atoms with Gasteiger partial charge in [-0.1, -0.05) is 12.1 Å². The van der Waals surface area contributed by atoms with E-state index in [0.717, 1.165) is 33.7 Å². The summed E-state index contributed by atoms with van der Waals surface area (Å²) in [4.78, 5) is 4.65. The van der Waals surface area contributed by atoms with Crippen LogP contribution in [-0.2, 0) is 0 Å². The number of nitrogens with zero attached hydrogens (tertiary/aromatic N) is 4. The highest BCUT2D eigenvalue weighted by atomic mass is 15.3. The number of hydrazone groups is 1. The Morgan fingerprint density at radius 3 is 2.84 bits per heavy atom. The maximum absolute atomic E-state index is 8.92. The second-order valence-corrected chi connectivity index (χ2v) is 5.72. The molecule has 3 aromatic rings. The molecule has 0 unspecified atom stereocenters. The van der Waals surface area contributed by atoms with Gasteiger partial charge in [-0.2, -0.15) is 10.4 Å². The summed E-state index contributed by atoms with van der Waals surface area (Å²) in [5, 5.41) is 20.1. The molecule has 1 aromatic carbocycles. The summed E-state index contributed by atoms with van der Waals surface area (Å²) in [6, 6.07) is 11.7. The first kappa shape index (κ1) is 16.2. The molecule has 0 aliphatic carbocycles. The number of nitrogens with two attached hydrogens (primary N) is 1. The third-order valence-electron chi connectivity index (χ3n) is 3.80. The Hall–Kier alpha value is -3.66. The highest BCUT2D eigenvalue weighted by molar-refractivity contribution is 6.45. The Labute approximate surface area is 144 Å². The zero-order chi connectivity index (χ0) is 18.0. The van der Waals surface area contributed by atoms with Crippen LogP contribution in [0.15, 0.2) is 47.8 Å². The molecule has 0 spiro atoms. The van der Waals surface area contributed by atoms with E-state index in [-0.39, 0.29) is 11.5 Å². The van der Waals surface area contributed by atoms with Crippen LogP contribution < -0.4 is 11.2 Å². The smallest absolute Gasteiger partial charge is 0.201 e. The molecule has 0 aliphatic heterocycles. The van der Waals surface area contributed by atoms with Crippen LogP contribution in [0.4, 0.5) is 5.69 Å². The molecule has 7 nitrogen and oxygen atoms in total. The van der Waals surface area contributed by atoms with Crippen molar-refractivity contribution < 1.29 is 0 Å². The maximum atomic E-state index is 8.92. The molecule has 0 amide bonds. The van der Waals surface area contributed by atoms with Crippen molar-refractivity contribution in [2.45, 2.75) is 13.8 Å². The normalized spacial score (nSPS) is 11.3. The van der Waals surface area contributed by atoms with Crippen LogP contribution in [0.3, 0.4) is 0 Å². The largest absolute Gasteiger partial charge is 0.382 e. The van der Waals surface area contributed by atoms with Gasteiger partial charge in [-0.05, 0) is 43.2 Å². The van der Waals surface area contributed by atoms with E-state index in [4.69, 9.17) is 16.4 Å². The first-order valence-corrected chi connectivity index (χ1v) is 7.62. The third-order valence-corrected chi connectivity index (χ3v) is 3.80. The van der Waals surface area contributed by atoms with Gasteiger partial charge in [0, 0.05) is 18.0 Å². The SMILES string of the molecule is Cc1ccn2cc(-c3ccc(C)c(N/N=C(\C#N)C(=N)N)c3)nc2c1. The lowest BCUT2D eigenvalue weighted by Crippen LogP contribution is -2.21. The molecular formula is C18H17N7. The molecular weight excluding hydrogens is 314 g/mol. The first-order valence-electron chi connectivity index (χ1n) is 7.62. The summed E-state index contributed by atoms with van der Waals surface area (Å²) >= 11 is 0. The minimum absolute atomic E-state index is 0.159. The zero-order valence-corrected chi connectivity index (χ0v) is 13.9.